The van der Waals surface area contributed by atoms with Gasteiger partial charge in [0.15, 0.2) is 0 Å². The molecule has 56 heavy (non-hydrogen) atoms. The molecule has 1 aliphatic carbocycles. The first-order valence-corrected chi connectivity index (χ1v) is 20.4. The molecular weight excluding hydrogens is 693 g/mol. The van der Waals surface area contributed by atoms with E-state index in [9.17, 15) is 0 Å². The number of rotatable bonds is 3. The second kappa shape index (κ2) is 11.7. The van der Waals surface area contributed by atoms with Gasteiger partial charge in [-0.15, -0.1) is 11.3 Å². The summed E-state index contributed by atoms with van der Waals surface area (Å²) in [5.41, 5.74) is 13.1. The van der Waals surface area contributed by atoms with E-state index in [4.69, 9.17) is 0 Å². The largest absolute Gasteiger partial charge is 0.135 e. The highest BCUT2D eigenvalue weighted by Crippen LogP contribution is 2.55. The van der Waals surface area contributed by atoms with Gasteiger partial charge in [0.1, 0.15) is 0 Å². The van der Waals surface area contributed by atoms with Crippen molar-refractivity contribution in [3.63, 3.8) is 0 Å². The standard InChI is InChI=1S/C55H36S/c1-55(2)47-30-31-49-53(46-29-26-35-13-4-6-16-39(35)54(46)56-49)52(47)45-28-27-37(32-48(45)55)33-22-24-36(25-23-33)50-41-17-7-9-19-43(41)51(44-20-10-8-18-42(44)50)40-21-11-14-34-12-3-5-15-38(34)40/h3-32H,1-2H3. The molecule has 0 saturated carbocycles. The van der Waals surface area contributed by atoms with Crippen molar-refractivity contribution in [2.75, 3.05) is 0 Å². The van der Waals surface area contributed by atoms with Gasteiger partial charge in [0.2, 0.25) is 0 Å². The molecule has 0 saturated heterocycles. The van der Waals surface area contributed by atoms with Crippen molar-refractivity contribution < 1.29 is 0 Å². The Morgan fingerprint density at radius 3 is 1.64 bits per heavy atom. The third kappa shape index (κ3) is 4.41. The zero-order valence-corrected chi connectivity index (χ0v) is 32.0. The van der Waals surface area contributed by atoms with Crippen LogP contribution in [0.3, 0.4) is 0 Å². The second-order valence-electron chi connectivity index (χ2n) is 16.0. The molecule has 0 nitrogen and oxygen atoms in total. The Labute approximate surface area is 329 Å². The predicted octanol–water partition coefficient (Wildman–Crippen LogP) is 16.0. The molecule has 1 heterocycles. The number of benzene rings is 10. The molecule has 0 N–H and O–H groups in total. The molecule has 1 aromatic heterocycles. The van der Waals surface area contributed by atoms with E-state index in [0.717, 1.165) is 0 Å². The Bertz CT molecular complexity index is 3370. The molecule has 0 amide bonds. The first kappa shape index (κ1) is 31.8. The summed E-state index contributed by atoms with van der Waals surface area (Å²) in [5.74, 6) is 0. The molecule has 0 bridgehead atoms. The van der Waals surface area contributed by atoms with Gasteiger partial charge in [0.05, 0.1) is 0 Å². The number of fused-ring (bicyclic) bond motifs is 12. The van der Waals surface area contributed by atoms with Crippen LogP contribution in [-0.2, 0) is 5.41 Å². The van der Waals surface area contributed by atoms with Crippen LogP contribution in [0.25, 0.3) is 108 Å². The molecule has 11 aromatic rings. The third-order valence-corrected chi connectivity index (χ3v) is 13.9. The SMILES string of the molecule is CC1(C)c2cc(-c3ccc(-c4c5ccccc5c(-c5cccc6ccccc56)c5ccccc45)cc3)ccc2-c2c1ccc1sc3c4ccccc4ccc3c21. The molecular formula is C55H36S. The van der Waals surface area contributed by atoms with Gasteiger partial charge < -0.3 is 0 Å². The van der Waals surface area contributed by atoms with E-state index in [0.29, 0.717) is 0 Å². The number of hydrogen-bond donors (Lipinski definition) is 0. The average molecular weight is 729 g/mol. The van der Waals surface area contributed by atoms with Crippen LogP contribution in [0.5, 0.6) is 0 Å². The van der Waals surface area contributed by atoms with E-state index < -0.39 is 0 Å². The fourth-order valence-corrected chi connectivity index (χ4v) is 11.2. The third-order valence-electron chi connectivity index (χ3n) is 12.7. The molecule has 0 spiro atoms. The lowest BCUT2D eigenvalue weighted by Crippen LogP contribution is -2.14. The van der Waals surface area contributed by atoms with E-state index in [1.54, 1.807) is 0 Å². The van der Waals surface area contributed by atoms with Gasteiger partial charge in [-0.1, -0.05) is 184 Å². The molecule has 0 aliphatic heterocycles. The fourth-order valence-electron chi connectivity index (χ4n) is 10.0. The van der Waals surface area contributed by atoms with E-state index in [1.165, 1.54) is 119 Å². The molecule has 0 radical (unpaired) electrons. The van der Waals surface area contributed by atoms with Crippen LogP contribution in [-0.4, -0.2) is 0 Å². The smallest absolute Gasteiger partial charge is 0.0434 e. The van der Waals surface area contributed by atoms with Crippen LogP contribution in [0.4, 0.5) is 0 Å². The monoisotopic (exact) mass is 728 g/mol. The lowest BCUT2D eigenvalue weighted by molar-refractivity contribution is 0.661. The van der Waals surface area contributed by atoms with Gasteiger partial charge in [-0.25, -0.2) is 0 Å². The summed E-state index contributed by atoms with van der Waals surface area (Å²) in [6.07, 6.45) is 0. The minimum Gasteiger partial charge on any atom is -0.135 e. The first-order valence-electron chi connectivity index (χ1n) is 19.6. The highest BCUT2D eigenvalue weighted by molar-refractivity contribution is 7.26. The van der Waals surface area contributed by atoms with Crippen LogP contribution < -0.4 is 0 Å². The van der Waals surface area contributed by atoms with Crippen molar-refractivity contribution >= 4 is 74.6 Å². The summed E-state index contributed by atoms with van der Waals surface area (Å²) in [6.45, 7) is 4.80. The molecule has 0 unspecified atom stereocenters. The molecule has 1 heteroatoms. The average Bonchev–Trinajstić information content (AvgIpc) is 3.74. The summed E-state index contributed by atoms with van der Waals surface area (Å²) in [6, 6.07) is 68.1. The summed E-state index contributed by atoms with van der Waals surface area (Å²) in [4.78, 5) is 0. The highest BCUT2D eigenvalue weighted by atomic mass is 32.1. The van der Waals surface area contributed by atoms with Crippen molar-refractivity contribution in [2.24, 2.45) is 0 Å². The quantitative estimate of drug-likeness (QED) is 0.159. The normalized spacial score (nSPS) is 13.3. The highest BCUT2D eigenvalue weighted by Gasteiger charge is 2.37. The summed E-state index contributed by atoms with van der Waals surface area (Å²) >= 11 is 1.93. The second-order valence-corrected chi connectivity index (χ2v) is 17.0. The maximum Gasteiger partial charge on any atom is 0.0434 e. The van der Waals surface area contributed by atoms with Crippen molar-refractivity contribution in [2.45, 2.75) is 19.3 Å². The van der Waals surface area contributed by atoms with E-state index >= 15 is 0 Å². The molecule has 262 valence electrons. The van der Waals surface area contributed by atoms with Crippen molar-refractivity contribution in [1.29, 1.82) is 0 Å². The zero-order valence-electron chi connectivity index (χ0n) is 31.2. The Morgan fingerprint density at radius 2 is 0.929 bits per heavy atom. The number of hydrogen-bond acceptors (Lipinski definition) is 1. The van der Waals surface area contributed by atoms with Crippen molar-refractivity contribution in [3.8, 4) is 44.5 Å². The van der Waals surface area contributed by atoms with Gasteiger partial charge in [0, 0.05) is 25.6 Å². The molecule has 10 aromatic carbocycles. The van der Waals surface area contributed by atoms with E-state index in [-0.39, 0.29) is 5.41 Å². The molecule has 0 atom stereocenters. The Morgan fingerprint density at radius 1 is 0.357 bits per heavy atom. The summed E-state index contributed by atoms with van der Waals surface area (Å²) in [7, 11) is 0. The van der Waals surface area contributed by atoms with Gasteiger partial charge in [-0.2, -0.15) is 0 Å². The van der Waals surface area contributed by atoms with E-state index in [2.05, 4.69) is 196 Å². The fraction of sp³-hybridized carbons (Fsp3) is 0.0545. The number of thiophene rings is 1. The van der Waals surface area contributed by atoms with Gasteiger partial charge in [-0.05, 0) is 111 Å². The Kier molecular flexibility index (Phi) is 6.66. The maximum absolute atomic E-state index is 2.46. The first-order chi connectivity index (χ1) is 27.5. The predicted molar refractivity (Wildman–Crippen MR) is 243 cm³/mol. The van der Waals surface area contributed by atoms with Crippen molar-refractivity contribution in [1.82, 2.24) is 0 Å². The lowest BCUT2D eigenvalue weighted by Gasteiger charge is -2.22. The minimum absolute atomic E-state index is 0.108. The summed E-state index contributed by atoms with van der Waals surface area (Å²) < 4.78 is 2.75. The van der Waals surface area contributed by atoms with Crippen LogP contribution in [0.15, 0.2) is 182 Å². The van der Waals surface area contributed by atoms with Crippen LogP contribution in [0.1, 0.15) is 25.0 Å². The lowest BCUT2D eigenvalue weighted by atomic mass is 9.81. The zero-order chi connectivity index (χ0) is 37.1. The van der Waals surface area contributed by atoms with Gasteiger partial charge in [-0.3, -0.25) is 0 Å². The van der Waals surface area contributed by atoms with Crippen LogP contribution >= 0.6 is 11.3 Å². The molecule has 12 rings (SSSR count). The topological polar surface area (TPSA) is 0 Å². The van der Waals surface area contributed by atoms with Crippen LogP contribution in [0, 0.1) is 0 Å². The minimum atomic E-state index is -0.108. The van der Waals surface area contributed by atoms with E-state index in [1.807, 2.05) is 11.3 Å². The maximum atomic E-state index is 2.46. The van der Waals surface area contributed by atoms with Crippen LogP contribution in [0.2, 0.25) is 0 Å². The van der Waals surface area contributed by atoms with Gasteiger partial charge >= 0.3 is 0 Å². The Hall–Kier alpha value is -6.54. The Balaban J connectivity index is 0.994. The van der Waals surface area contributed by atoms with Crippen molar-refractivity contribution in [3.05, 3.63) is 193 Å². The molecule has 1 aliphatic rings. The molecule has 0 fully saturated rings. The van der Waals surface area contributed by atoms with Gasteiger partial charge in [0.25, 0.3) is 0 Å². The summed E-state index contributed by atoms with van der Waals surface area (Å²) in [5, 5.41) is 13.1.